The molecule has 1 aromatic heterocycles. The summed E-state index contributed by atoms with van der Waals surface area (Å²) in [6, 6.07) is 5.60. The first-order valence-electron chi connectivity index (χ1n) is 7.03. The maximum atomic E-state index is 12.0. The van der Waals surface area contributed by atoms with Crippen molar-refractivity contribution >= 4 is 35.1 Å². The molecule has 114 valence electrons. The monoisotopic (exact) mass is 309 g/mol. The molecule has 1 unspecified atom stereocenters. The van der Waals surface area contributed by atoms with Gasteiger partial charge in [0, 0.05) is 30.1 Å². The van der Waals surface area contributed by atoms with Crippen molar-refractivity contribution in [3.05, 3.63) is 24.1 Å². The van der Waals surface area contributed by atoms with Crippen LogP contribution in [0.15, 0.2) is 22.6 Å². The van der Waals surface area contributed by atoms with Gasteiger partial charge in [-0.15, -0.1) is 12.4 Å². The van der Waals surface area contributed by atoms with Crippen LogP contribution >= 0.6 is 12.4 Å². The summed E-state index contributed by atoms with van der Waals surface area (Å²) in [6.45, 7) is 2.55. The number of fused-ring (bicyclic) bond motifs is 1. The summed E-state index contributed by atoms with van der Waals surface area (Å²) in [5.41, 5.74) is 2.35. The SMILES string of the molecule is CNCC(C)C(=O)Nc1ccc2nc(C3CC3)oc2c1.Cl. The molecule has 0 spiro atoms. The smallest absolute Gasteiger partial charge is 0.228 e. The van der Waals surface area contributed by atoms with Crippen LogP contribution in [0.1, 0.15) is 31.6 Å². The van der Waals surface area contributed by atoms with Gasteiger partial charge in [-0.2, -0.15) is 0 Å². The minimum Gasteiger partial charge on any atom is -0.440 e. The summed E-state index contributed by atoms with van der Waals surface area (Å²) in [6.07, 6.45) is 2.33. The predicted molar refractivity (Wildman–Crippen MR) is 85.0 cm³/mol. The van der Waals surface area contributed by atoms with E-state index < -0.39 is 0 Å². The van der Waals surface area contributed by atoms with E-state index in [1.807, 2.05) is 32.2 Å². The molecular formula is C15H20ClN3O2. The van der Waals surface area contributed by atoms with E-state index in [4.69, 9.17) is 4.42 Å². The van der Waals surface area contributed by atoms with E-state index >= 15 is 0 Å². The molecule has 1 atom stereocenters. The molecule has 0 radical (unpaired) electrons. The highest BCUT2D eigenvalue weighted by Gasteiger charge is 2.28. The molecule has 0 bridgehead atoms. The third-order valence-corrected chi connectivity index (χ3v) is 3.56. The number of aromatic nitrogens is 1. The van der Waals surface area contributed by atoms with Crippen molar-refractivity contribution in [2.45, 2.75) is 25.7 Å². The van der Waals surface area contributed by atoms with Crippen LogP contribution in [0.25, 0.3) is 11.1 Å². The summed E-state index contributed by atoms with van der Waals surface area (Å²) >= 11 is 0. The Bertz CT molecular complexity index is 637. The summed E-state index contributed by atoms with van der Waals surface area (Å²) < 4.78 is 5.75. The van der Waals surface area contributed by atoms with Crippen molar-refractivity contribution in [2.24, 2.45) is 5.92 Å². The first-order chi connectivity index (χ1) is 9.67. The van der Waals surface area contributed by atoms with Gasteiger partial charge in [0.25, 0.3) is 0 Å². The molecule has 6 heteroatoms. The van der Waals surface area contributed by atoms with Gasteiger partial charge >= 0.3 is 0 Å². The van der Waals surface area contributed by atoms with Gasteiger partial charge in [0.1, 0.15) is 5.52 Å². The molecule has 2 N–H and O–H groups in total. The van der Waals surface area contributed by atoms with Gasteiger partial charge < -0.3 is 15.1 Å². The first kappa shape index (κ1) is 15.8. The molecule has 1 heterocycles. The van der Waals surface area contributed by atoms with E-state index in [0.717, 1.165) is 35.5 Å². The Morgan fingerprint density at radius 3 is 2.90 bits per heavy atom. The van der Waals surface area contributed by atoms with E-state index in [0.29, 0.717) is 12.5 Å². The van der Waals surface area contributed by atoms with Crippen LogP contribution in [0.4, 0.5) is 5.69 Å². The van der Waals surface area contributed by atoms with Crippen LogP contribution in [0.3, 0.4) is 0 Å². The van der Waals surface area contributed by atoms with Gasteiger partial charge in [-0.05, 0) is 32.0 Å². The Labute approximate surface area is 129 Å². The van der Waals surface area contributed by atoms with Gasteiger partial charge in [-0.3, -0.25) is 4.79 Å². The Hall–Kier alpha value is -1.59. The van der Waals surface area contributed by atoms with E-state index in [2.05, 4.69) is 15.6 Å². The van der Waals surface area contributed by atoms with Crippen LogP contribution in [-0.2, 0) is 4.79 Å². The highest BCUT2D eigenvalue weighted by Crippen LogP contribution is 2.40. The zero-order valence-electron chi connectivity index (χ0n) is 12.2. The molecule has 5 nitrogen and oxygen atoms in total. The van der Waals surface area contributed by atoms with Gasteiger partial charge in [0.05, 0.1) is 0 Å². The largest absolute Gasteiger partial charge is 0.440 e. The Morgan fingerprint density at radius 1 is 1.48 bits per heavy atom. The lowest BCUT2D eigenvalue weighted by molar-refractivity contribution is -0.119. The third kappa shape index (κ3) is 3.54. The number of nitrogens with one attached hydrogen (secondary N) is 2. The molecule has 1 aromatic carbocycles. The van der Waals surface area contributed by atoms with Crippen LogP contribution in [0.5, 0.6) is 0 Å². The number of halogens is 1. The van der Waals surface area contributed by atoms with Crippen LogP contribution < -0.4 is 10.6 Å². The normalized spacial score (nSPS) is 15.5. The van der Waals surface area contributed by atoms with Crippen molar-refractivity contribution < 1.29 is 9.21 Å². The van der Waals surface area contributed by atoms with Gasteiger partial charge in [-0.25, -0.2) is 4.98 Å². The van der Waals surface area contributed by atoms with Crippen LogP contribution in [0, 0.1) is 5.92 Å². The molecule has 1 fully saturated rings. The number of amides is 1. The number of carbonyl (C=O) groups is 1. The number of benzene rings is 1. The topological polar surface area (TPSA) is 67.2 Å². The van der Waals surface area contributed by atoms with Gasteiger partial charge in [0.2, 0.25) is 5.91 Å². The number of nitrogens with zero attached hydrogens (tertiary/aromatic N) is 1. The molecule has 3 rings (SSSR count). The molecule has 0 saturated heterocycles. The number of anilines is 1. The van der Waals surface area contributed by atoms with E-state index in [9.17, 15) is 4.79 Å². The standard InChI is InChI=1S/C15H19N3O2.ClH/c1-9(8-16-2)14(19)17-11-5-6-12-13(7-11)20-15(18-12)10-3-4-10;/h5-7,9-10,16H,3-4,8H2,1-2H3,(H,17,19);1H. The fourth-order valence-electron chi connectivity index (χ4n) is 2.19. The maximum absolute atomic E-state index is 12.0. The lowest BCUT2D eigenvalue weighted by atomic mass is 10.1. The Balaban J connectivity index is 0.00000161. The predicted octanol–water partition coefficient (Wildman–Crippen LogP) is 2.92. The number of rotatable bonds is 5. The zero-order chi connectivity index (χ0) is 14.1. The minimum absolute atomic E-state index is 0. The molecule has 2 aromatic rings. The fourth-order valence-corrected chi connectivity index (χ4v) is 2.19. The molecule has 0 aliphatic heterocycles. The number of carbonyl (C=O) groups excluding carboxylic acids is 1. The van der Waals surface area contributed by atoms with Crippen molar-refractivity contribution in [3.8, 4) is 0 Å². The highest BCUT2D eigenvalue weighted by molar-refractivity contribution is 5.94. The van der Waals surface area contributed by atoms with Crippen molar-refractivity contribution in [3.63, 3.8) is 0 Å². The lowest BCUT2D eigenvalue weighted by Crippen LogP contribution is -2.28. The van der Waals surface area contributed by atoms with Gasteiger partial charge in [0.15, 0.2) is 11.5 Å². The van der Waals surface area contributed by atoms with E-state index in [1.165, 1.54) is 0 Å². The second kappa shape index (κ2) is 6.45. The summed E-state index contributed by atoms with van der Waals surface area (Å²) in [5, 5.41) is 5.90. The Kier molecular flexibility index (Phi) is 4.85. The first-order valence-corrected chi connectivity index (χ1v) is 7.03. The average molecular weight is 310 g/mol. The molecule has 21 heavy (non-hydrogen) atoms. The quantitative estimate of drug-likeness (QED) is 0.891. The maximum Gasteiger partial charge on any atom is 0.228 e. The lowest BCUT2D eigenvalue weighted by Gasteiger charge is -2.11. The second-order valence-electron chi connectivity index (χ2n) is 5.46. The van der Waals surface area contributed by atoms with Crippen LogP contribution in [0.2, 0.25) is 0 Å². The van der Waals surface area contributed by atoms with Gasteiger partial charge in [-0.1, -0.05) is 6.92 Å². The number of hydrogen-bond donors (Lipinski definition) is 2. The van der Waals surface area contributed by atoms with Crippen LogP contribution in [-0.4, -0.2) is 24.5 Å². The number of oxazole rings is 1. The molecule has 1 aliphatic carbocycles. The minimum atomic E-state index is -0.0764. The second-order valence-corrected chi connectivity index (χ2v) is 5.46. The molecule has 1 aliphatic rings. The fraction of sp³-hybridized carbons (Fsp3) is 0.467. The third-order valence-electron chi connectivity index (χ3n) is 3.56. The van der Waals surface area contributed by atoms with E-state index in [1.54, 1.807) is 0 Å². The van der Waals surface area contributed by atoms with Crippen molar-refractivity contribution in [1.29, 1.82) is 0 Å². The average Bonchev–Trinajstić information content (AvgIpc) is 3.19. The Morgan fingerprint density at radius 2 is 2.24 bits per heavy atom. The molecule has 1 amide bonds. The van der Waals surface area contributed by atoms with Crippen molar-refractivity contribution in [1.82, 2.24) is 10.3 Å². The summed E-state index contributed by atoms with van der Waals surface area (Å²) in [7, 11) is 1.84. The zero-order valence-corrected chi connectivity index (χ0v) is 13.0. The summed E-state index contributed by atoms with van der Waals surface area (Å²) in [5.74, 6) is 1.25. The molecule has 1 saturated carbocycles. The number of hydrogen-bond acceptors (Lipinski definition) is 4. The van der Waals surface area contributed by atoms with Crippen molar-refractivity contribution in [2.75, 3.05) is 18.9 Å². The van der Waals surface area contributed by atoms with E-state index in [-0.39, 0.29) is 24.2 Å². The summed E-state index contributed by atoms with van der Waals surface area (Å²) in [4.78, 5) is 16.4. The molecular weight excluding hydrogens is 290 g/mol. The highest BCUT2D eigenvalue weighted by atomic mass is 35.5.